The standard InChI is InChI=1S/C23H25F2N3O2/c24-19-12-17(13-20(25)14-19)15-28-10-7-18(8-11-28)23(21(29)26-22(30)27-23)9-6-16-4-2-1-3-5-16/h1-5,12-14,18H,6-11,15H2,(H2,26,27,29,30). The maximum Gasteiger partial charge on any atom is 0.322 e. The summed E-state index contributed by atoms with van der Waals surface area (Å²) in [7, 11) is 0. The van der Waals surface area contributed by atoms with E-state index in [1.807, 2.05) is 30.3 Å². The minimum Gasteiger partial charge on any atom is -0.323 e. The number of piperidine rings is 1. The van der Waals surface area contributed by atoms with Crippen LogP contribution < -0.4 is 10.6 Å². The van der Waals surface area contributed by atoms with Gasteiger partial charge in [0.2, 0.25) is 0 Å². The molecule has 2 saturated heterocycles. The predicted octanol–water partition coefficient (Wildman–Crippen LogP) is 3.39. The fraction of sp³-hybridized carbons (Fsp3) is 0.391. The molecule has 2 N–H and O–H groups in total. The van der Waals surface area contributed by atoms with E-state index in [0.29, 0.717) is 38.0 Å². The number of rotatable bonds is 6. The van der Waals surface area contributed by atoms with Crippen LogP contribution in [0.1, 0.15) is 30.4 Å². The molecule has 7 heteroatoms. The molecule has 2 aromatic rings. The Morgan fingerprint density at radius 1 is 0.967 bits per heavy atom. The molecular weight excluding hydrogens is 388 g/mol. The number of halogens is 2. The van der Waals surface area contributed by atoms with E-state index in [-0.39, 0.29) is 11.8 Å². The van der Waals surface area contributed by atoms with Gasteiger partial charge in [0.15, 0.2) is 0 Å². The third-order valence-corrected chi connectivity index (χ3v) is 6.23. The van der Waals surface area contributed by atoms with Crippen LogP contribution in [0.25, 0.3) is 0 Å². The Bertz CT molecular complexity index is 909. The Hall–Kier alpha value is -2.80. The van der Waals surface area contributed by atoms with E-state index in [1.54, 1.807) is 0 Å². The summed E-state index contributed by atoms with van der Waals surface area (Å²) >= 11 is 0. The summed E-state index contributed by atoms with van der Waals surface area (Å²) < 4.78 is 26.9. The number of amides is 3. The molecule has 30 heavy (non-hydrogen) atoms. The Morgan fingerprint density at radius 2 is 1.63 bits per heavy atom. The lowest BCUT2D eigenvalue weighted by Crippen LogP contribution is -2.56. The topological polar surface area (TPSA) is 61.4 Å². The second kappa shape index (κ2) is 8.52. The highest BCUT2D eigenvalue weighted by atomic mass is 19.1. The quantitative estimate of drug-likeness (QED) is 0.714. The van der Waals surface area contributed by atoms with Crippen LogP contribution in [-0.2, 0) is 17.8 Å². The number of carbonyl (C=O) groups excluding carboxylic acids is 2. The number of benzene rings is 2. The second-order valence-electron chi connectivity index (χ2n) is 8.19. The molecule has 0 radical (unpaired) electrons. The Labute approximate surface area is 174 Å². The number of nitrogens with zero attached hydrogens (tertiary/aromatic N) is 1. The molecule has 3 amide bonds. The summed E-state index contributed by atoms with van der Waals surface area (Å²) in [6.07, 6.45) is 2.67. The smallest absolute Gasteiger partial charge is 0.322 e. The van der Waals surface area contributed by atoms with Crippen LogP contribution in [0.5, 0.6) is 0 Å². The second-order valence-corrected chi connectivity index (χ2v) is 8.19. The van der Waals surface area contributed by atoms with Gasteiger partial charge in [-0.05, 0) is 68.0 Å². The number of likely N-dealkylation sites (tertiary alicyclic amines) is 1. The monoisotopic (exact) mass is 413 g/mol. The van der Waals surface area contributed by atoms with Gasteiger partial charge in [0.1, 0.15) is 17.2 Å². The highest BCUT2D eigenvalue weighted by Crippen LogP contribution is 2.35. The molecule has 5 nitrogen and oxygen atoms in total. The van der Waals surface area contributed by atoms with Crippen molar-refractivity contribution >= 4 is 11.9 Å². The first-order chi connectivity index (χ1) is 14.4. The first kappa shape index (κ1) is 20.5. The number of urea groups is 1. The van der Waals surface area contributed by atoms with Crippen LogP contribution in [-0.4, -0.2) is 35.5 Å². The Morgan fingerprint density at radius 3 is 2.23 bits per heavy atom. The van der Waals surface area contributed by atoms with Crippen molar-refractivity contribution in [1.29, 1.82) is 0 Å². The van der Waals surface area contributed by atoms with E-state index in [9.17, 15) is 18.4 Å². The number of hydrogen-bond acceptors (Lipinski definition) is 3. The van der Waals surface area contributed by atoms with E-state index < -0.39 is 23.2 Å². The van der Waals surface area contributed by atoms with Gasteiger partial charge in [-0.25, -0.2) is 13.6 Å². The molecule has 0 aliphatic carbocycles. The number of imide groups is 1. The lowest BCUT2D eigenvalue weighted by atomic mass is 9.74. The fourth-order valence-corrected chi connectivity index (χ4v) is 4.70. The number of aryl methyl sites for hydroxylation is 1. The molecule has 0 spiro atoms. The van der Waals surface area contributed by atoms with Crippen molar-refractivity contribution in [2.75, 3.05) is 13.1 Å². The minimum atomic E-state index is -0.913. The van der Waals surface area contributed by atoms with Crippen LogP contribution in [0.15, 0.2) is 48.5 Å². The van der Waals surface area contributed by atoms with Crippen LogP contribution in [0.3, 0.4) is 0 Å². The van der Waals surface area contributed by atoms with E-state index in [0.717, 1.165) is 24.5 Å². The van der Waals surface area contributed by atoms with Gasteiger partial charge >= 0.3 is 6.03 Å². The molecule has 0 bridgehead atoms. The maximum atomic E-state index is 13.5. The molecular formula is C23H25F2N3O2. The van der Waals surface area contributed by atoms with Crippen LogP contribution >= 0.6 is 0 Å². The highest BCUT2D eigenvalue weighted by molar-refractivity contribution is 6.07. The van der Waals surface area contributed by atoms with Gasteiger partial charge in [-0.1, -0.05) is 30.3 Å². The van der Waals surface area contributed by atoms with E-state index in [2.05, 4.69) is 15.5 Å². The molecule has 0 aromatic heterocycles. The first-order valence-electron chi connectivity index (χ1n) is 10.3. The lowest BCUT2D eigenvalue weighted by molar-refractivity contribution is -0.127. The van der Waals surface area contributed by atoms with E-state index >= 15 is 0 Å². The van der Waals surface area contributed by atoms with Crippen molar-refractivity contribution < 1.29 is 18.4 Å². The van der Waals surface area contributed by atoms with Crippen LogP contribution in [0, 0.1) is 17.6 Å². The zero-order valence-corrected chi connectivity index (χ0v) is 16.7. The molecule has 158 valence electrons. The summed E-state index contributed by atoms with van der Waals surface area (Å²) in [5.41, 5.74) is 0.803. The van der Waals surface area contributed by atoms with Crippen molar-refractivity contribution in [2.45, 2.75) is 37.8 Å². The maximum absolute atomic E-state index is 13.5. The zero-order valence-electron chi connectivity index (χ0n) is 16.7. The molecule has 1 atom stereocenters. The molecule has 2 aliphatic rings. The predicted molar refractivity (Wildman–Crippen MR) is 109 cm³/mol. The van der Waals surface area contributed by atoms with Crippen molar-refractivity contribution in [3.63, 3.8) is 0 Å². The molecule has 0 saturated carbocycles. The third-order valence-electron chi connectivity index (χ3n) is 6.23. The molecule has 4 rings (SSSR count). The van der Waals surface area contributed by atoms with Gasteiger partial charge in [0, 0.05) is 12.6 Å². The van der Waals surface area contributed by atoms with Gasteiger partial charge in [-0.3, -0.25) is 15.0 Å². The van der Waals surface area contributed by atoms with Gasteiger partial charge in [-0.2, -0.15) is 0 Å². The van der Waals surface area contributed by atoms with Crippen LogP contribution in [0.2, 0.25) is 0 Å². The molecule has 2 heterocycles. The number of nitrogens with one attached hydrogen (secondary N) is 2. The van der Waals surface area contributed by atoms with Gasteiger partial charge in [0.25, 0.3) is 5.91 Å². The summed E-state index contributed by atoms with van der Waals surface area (Å²) in [5.74, 6) is -1.41. The molecule has 1 unspecified atom stereocenters. The summed E-state index contributed by atoms with van der Waals surface area (Å²) in [6.45, 7) is 1.84. The molecule has 2 aliphatic heterocycles. The fourth-order valence-electron chi connectivity index (χ4n) is 4.70. The highest BCUT2D eigenvalue weighted by Gasteiger charge is 2.51. The minimum absolute atomic E-state index is 0.00755. The van der Waals surface area contributed by atoms with E-state index in [1.165, 1.54) is 12.1 Å². The zero-order chi connectivity index (χ0) is 21.1. The summed E-state index contributed by atoms with van der Waals surface area (Å²) in [4.78, 5) is 26.9. The molecule has 2 fully saturated rings. The van der Waals surface area contributed by atoms with Crippen molar-refractivity contribution in [2.24, 2.45) is 5.92 Å². The van der Waals surface area contributed by atoms with Crippen molar-refractivity contribution in [3.8, 4) is 0 Å². The lowest BCUT2D eigenvalue weighted by Gasteiger charge is -2.40. The van der Waals surface area contributed by atoms with Crippen molar-refractivity contribution in [3.05, 3.63) is 71.3 Å². The Kier molecular flexibility index (Phi) is 5.81. The SMILES string of the molecule is O=C1NC(=O)C(CCc2ccccc2)(C2CCN(Cc3cc(F)cc(F)c3)CC2)N1. The number of hydrogen-bond donors (Lipinski definition) is 2. The first-order valence-corrected chi connectivity index (χ1v) is 10.3. The third kappa shape index (κ3) is 4.36. The van der Waals surface area contributed by atoms with Gasteiger partial charge < -0.3 is 5.32 Å². The van der Waals surface area contributed by atoms with Gasteiger partial charge in [-0.15, -0.1) is 0 Å². The average Bonchev–Trinajstić information content (AvgIpc) is 3.01. The van der Waals surface area contributed by atoms with Gasteiger partial charge in [0.05, 0.1) is 0 Å². The summed E-state index contributed by atoms with van der Waals surface area (Å²) in [5, 5.41) is 5.34. The Balaban J connectivity index is 1.43. The average molecular weight is 413 g/mol. The summed E-state index contributed by atoms with van der Waals surface area (Å²) in [6, 6.07) is 13.0. The number of carbonyl (C=O) groups is 2. The van der Waals surface area contributed by atoms with Crippen molar-refractivity contribution in [1.82, 2.24) is 15.5 Å². The molecule has 2 aromatic carbocycles. The van der Waals surface area contributed by atoms with Crippen LogP contribution in [0.4, 0.5) is 13.6 Å². The normalized spacial score (nSPS) is 22.7. The van der Waals surface area contributed by atoms with E-state index in [4.69, 9.17) is 0 Å². The largest absolute Gasteiger partial charge is 0.323 e.